The molecule has 0 aliphatic carbocycles. The predicted molar refractivity (Wildman–Crippen MR) is 85.6 cm³/mol. The van der Waals surface area contributed by atoms with Crippen LogP contribution in [-0.4, -0.2) is 53.6 Å². The van der Waals surface area contributed by atoms with Gasteiger partial charge in [-0.25, -0.2) is 4.79 Å². The van der Waals surface area contributed by atoms with E-state index in [-0.39, 0.29) is 16.7 Å². The highest BCUT2D eigenvalue weighted by atomic mass is 35.5. The van der Waals surface area contributed by atoms with Gasteiger partial charge >= 0.3 is 5.97 Å². The van der Waals surface area contributed by atoms with E-state index in [1.165, 1.54) is 0 Å². The van der Waals surface area contributed by atoms with Crippen molar-refractivity contribution in [2.45, 2.75) is 30.9 Å². The number of halogens is 1. The zero-order chi connectivity index (χ0) is 15.4. The largest absolute Gasteiger partial charge is 0.478 e. The molecule has 1 aromatic carbocycles. The molecule has 0 radical (unpaired) electrons. The molecule has 6 heteroatoms. The van der Waals surface area contributed by atoms with Crippen LogP contribution in [0.2, 0.25) is 5.02 Å². The topological polar surface area (TPSA) is 49.8 Å². The first-order chi connectivity index (χ1) is 9.97. The molecule has 1 aliphatic rings. The second-order valence-corrected chi connectivity index (χ2v) is 6.84. The highest BCUT2D eigenvalue weighted by Gasteiger charge is 2.22. The van der Waals surface area contributed by atoms with Crippen LogP contribution in [-0.2, 0) is 4.74 Å². The van der Waals surface area contributed by atoms with Gasteiger partial charge in [-0.3, -0.25) is 4.90 Å². The lowest BCUT2D eigenvalue weighted by Crippen LogP contribution is -2.46. The summed E-state index contributed by atoms with van der Waals surface area (Å²) in [7, 11) is 0. The molecule has 2 rings (SSSR count). The fraction of sp³-hybridized carbons (Fsp3) is 0.533. The summed E-state index contributed by atoms with van der Waals surface area (Å²) in [6.07, 6.45) is 0.176. The zero-order valence-electron chi connectivity index (χ0n) is 12.2. The summed E-state index contributed by atoms with van der Waals surface area (Å²) in [6, 6.07) is 5.63. The van der Waals surface area contributed by atoms with Crippen LogP contribution < -0.4 is 0 Å². The minimum absolute atomic E-state index is 0.148. The van der Waals surface area contributed by atoms with Gasteiger partial charge in [-0.05, 0) is 32.0 Å². The first-order valence-corrected chi connectivity index (χ1v) is 8.35. The number of aromatic carboxylic acids is 1. The maximum atomic E-state index is 11.1. The van der Waals surface area contributed by atoms with E-state index >= 15 is 0 Å². The Kier molecular flexibility index (Phi) is 5.93. The molecule has 1 atom stereocenters. The molecule has 1 aromatic rings. The fourth-order valence-corrected chi connectivity index (χ4v) is 3.40. The highest BCUT2D eigenvalue weighted by molar-refractivity contribution is 7.99. The summed E-state index contributed by atoms with van der Waals surface area (Å²) in [6.45, 7) is 7.03. The van der Waals surface area contributed by atoms with Gasteiger partial charge in [-0.2, -0.15) is 0 Å². The van der Waals surface area contributed by atoms with Crippen molar-refractivity contribution in [3.05, 3.63) is 28.8 Å². The number of morpholine rings is 1. The quantitative estimate of drug-likeness (QED) is 0.840. The van der Waals surface area contributed by atoms with Crippen molar-refractivity contribution in [2.24, 2.45) is 0 Å². The van der Waals surface area contributed by atoms with E-state index in [2.05, 4.69) is 18.7 Å². The molecule has 1 aliphatic heterocycles. The van der Waals surface area contributed by atoms with Gasteiger partial charge in [-0.15, -0.1) is 11.8 Å². The Morgan fingerprint density at radius 1 is 1.57 bits per heavy atom. The number of carboxylic acids is 1. The van der Waals surface area contributed by atoms with E-state index < -0.39 is 5.97 Å². The van der Waals surface area contributed by atoms with E-state index in [4.69, 9.17) is 21.4 Å². The molecule has 1 heterocycles. The van der Waals surface area contributed by atoms with Gasteiger partial charge in [-0.1, -0.05) is 11.6 Å². The number of nitrogens with zero attached hydrogens (tertiary/aromatic N) is 1. The van der Waals surface area contributed by atoms with E-state index in [1.54, 1.807) is 23.9 Å². The lowest BCUT2D eigenvalue weighted by Gasteiger charge is -2.35. The Morgan fingerprint density at radius 3 is 3.00 bits per heavy atom. The van der Waals surface area contributed by atoms with E-state index in [9.17, 15) is 4.79 Å². The van der Waals surface area contributed by atoms with Crippen molar-refractivity contribution in [2.75, 3.05) is 25.4 Å². The Morgan fingerprint density at radius 2 is 2.33 bits per heavy atom. The minimum Gasteiger partial charge on any atom is -0.478 e. The Hall–Kier alpha value is -0.750. The number of thioether (sulfide) groups is 1. The van der Waals surface area contributed by atoms with Crippen LogP contribution in [0.1, 0.15) is 24.2 Å². The van der Waals surface area contributed by atoms with Crippen molar-refractivity contribution in [3.63, 3.8) is 0 Å². The van der Waals surface area contributed by atoms with Crippen LogP contribution in [0.15, 0.2) is 23.1 Å². The smallest absolute Gasteiger partial charge is 0.337 e. The zero-order valence-corrected chi connectivity index (χ0v) is 13.8. The second kappa shape index (κ2) is 7.49. The lowest BCUT2D eigenvalue weighted by atomic mass is 10.2. The van der Waals surface area contributed by atoms with Crippen molar-refractivity contribution >= 4 is 29.3 Å². The van der Waals surface area contributed by atoms with Gasteiger partial charge in [0.15, 0.2) is 0 Å². The summed E-state index contributed by atoms with van der Waals surface area (Å²) in [5.41, 5.74) is 0.148. The summed E-state index contributed by atoms with van der Waals surface area (Å²) in [5.74, 6) is -0.188. The SMILES string of the molecule is CC(C)N1CCOC(CSc2ccc(Cl)c(C(=O)O)c2)C1. The van der Waals surface area contributed by atoms with E-state index in [0.717, 1.165) is 30.3 Å². The number of hydrogen-bond donors (Lipinski definition) is 1. The number of ether oxygens (including phenoxy) is 1. The standard InChI is InChI=1S/C15H20ClNO3S/c1-10(2)17-5-6-20-11(8-17)9-21-12-3-4-14(16)13(7-12)15(18)19/h3-4,7,10-11H,5-6,8-9H2,1-2H3,(H,18,19). The van der Waals surface area contributed by atoms with Crippen molar-refractivity contribution in [1.29, 1.82) is 0 Å². The van der Waals surface area contributed by atoms with Crippen LogP contribution >= 0.6 is 23.4 Å². The third kappa shape index (κ3) is 4.61. The molecule has 116 valence electrons. The predicted octanol–water partition coefficient (Wildman–Crippen LogP) is 3.24. The number of hydrogen-bond acceptors (Lipinski definition) is 4. The molecule has 0 bridgehead atoms. The highest BCUT2D eigenvalue weighted by Crippen LogP contribution is 2.26. The monoisotopic (exact) mass is 329 g/mol. The maximum Gasteiger partial charge on any atom is 0.337 e. The Labute approximate surface area is 134 Å². The molecular formula is C15H20ClNO3S. The molecule has 1 unspecified atom stereocenters. The number of carbonyl (C=O) groups is 1. The van der Waals surface area contributed by atoms with Crippen LogP contribution in [0.5, 0.6) is 0 Å². The van der Waals surface area contributed by atoms with Crippen molar-refractivity contribution in [1.82, 2.24) is 4.90 Å². The van der Waals surface area contributed by atoms with Gasteiger partial charge in [0.25, 0.3) is 0 Å². The normalized spacial score (nSPS) is 19.9. The third-order valence-corrected chi connectivity index (χ3v) is 4.96. The van der Waals surface area contributed by atoms with E-state index in [0.29, 0.717) is 6.04 Å². The van der Waals surface area contributed by atoms with Crippen molar-refractivity contribution < 1.29 is 14.6 Å². The number of rotatable bonds is 5. The third-order valence-electron chi connectivity index (χ3n) is 3.50. The average Bonchev–Trinajstić information content (AvgIpc) is 2.46. The molecular weight excluding hydrogens is 310 g/mol. The summed E-state index contributed by atoms with van der Waals surface area (Å²) in [5, 5.41) is 9.35. The van der Waals surface area contributed by atoms with Crippen LogP contribution in [0.3, 0.4) is 0 Å². The minimum atomic E-state index is -0.998. The van der Waals surface area contributed by atoms with Gasteiger partial charge in [0.1, 0.15) is 0 Å². The molecule has 1 N–H and O–H groups in total. The summed E-state index contributed by atoms with van der Waals surface area (Å²) < 4.78 is 5.78. The second-order valence-electron chi connectivity index (χ2n) is 5.34. The van der Waals surface area contributed by atoms with Crippen LogP contribution in [0, 0.1) is 0 Å². The van der Waals surface area contributed by atoms with Gasteiger partial charge in [0.2, 0.25) is 0 Å². The van der Waals surface area contributed by atoms with Crippen molar-refractivity contribution in [3.8, 4) is 0 Å². The Balaban J connectivity index is 1.94. The molecule has 1 fully saturated rings. The molecule has 1 saturated heterocycles. The molecule has 0 saturated carbocycles. The number of benzene rings is 1. The summed E-state index contributed by atoms with van der Waals surface area (Å²) >= 11 is 7.48. The van der Waals surface area contributed by atoms with Crippen LogP contribution in [0.4, 0.5) is 0 Å². The van der Waals surface area contributed by atoms with Gasteiger partial charge in [0.05, 0.1) is 23.3 Å². The first kappa shape index (κ1) is 16.6. The molecule has 0 aromatic heterocycles. The van der Waals surface area contributed by atoms with Crippen LogP contribution in [0.25, 0.3) is 0 Å². The maximum absolute atomic E-state index is 11.1. The first-order valence-electron chi connectivity index (χ1n) is 6.98. The average molecular weight is 330 g/mol. The van der Waals surface area contributed by atoms with Gasteiger partial charge < -0.3 is 9.84 Å². The fourth-order valence-electron chi connectivity index (χ4n) is 2.26. The molecule has 4 nitrogen and oxygen atoms in total. The van der Waals surface area contributed by atoms with E-state index in [1.807, 2.05) is 6.07 Å². The summed E-state index contributed by atoms with van der Waals surface area (Å²) in [4.78, 5) is 14.4. The molecule has 0 amide bonds. The Bertz CT molecular complexity index is 510. The molecule has 21 heavy (non-hydrogen) atoms. The number of carboxylic acid groups (broad SMARTS) is 1. The lowest BCUT2D eigenvalue weighted by molar-refractivity contribution is -0.0265. The molecule has 0 spiro atoms. The van der Waals surface area contributed by atoms with Gasteiger partial charge in [0, 0.05) is 29.8 Å².